The first kappa shape index (κ1) is 4.85. The van der Waals surface area contributed by atoms with E-state index in [9.17, 15) is 4.79 Å². The predicted octanol–water partition coefficient (Wildman–Crippen LogP) is 0.845. The maximum absolute atomic E-state index is 10.8. The monoisotopic (exact) mass is 125 g/mol. The zero-order valence-corrected chi connectivity index (χ0v) is 4.89. The zero-order valence-electron chi connectivity index (χ0n) is 4.89. The van der Waals surface area contributed by atoms with Gasteiger partial charge in [-0.05, 0) is 18.8 Å². The first-order valence-corrected chi connectivity index (χ1v) is 3.04. The highest BCUT2D eigenvalue weighted by Gasteiger charge is 2.27. The van der Waals surface area contributed by atoms with Crippen molar-refractivity contribution in [3.05, 3.63) is 22.2 Å². The summed E-state index contributed by atoms with van der Waals surface area (Å²) in [6, 6.07) is 0. The minimum absolute atomic E-state index is 0.0579. The van der Waals surface area contributed by atoms with Crippen LogP contribution >= 0.6 is 0 Å². The van der Waals surface area contributed by atoms with Gasteiger partial charge in [0.2, 0.25) is 0 Å². The Bertz CT molecular complexity index is 256. The lowest BCUT2D eigenvalue weighted by molar-refractivity contribution is 0.413. The third kappa shape index (κ3) is 0.686. The summed E-state index contributed by atoms with van der Waals surface area (Å²) in [5.41, 5.74) is 0.757. The van der Waals surface area contributed by atoms with Crippen LogP contribution in [0.1, 0.15) is 24.3 Å². The molecule has 1 saturated carbocycles. The summed E-state index contributed by atoms with van der Waals surface area (Å²) >= 11 is 0. The van der Waals surface area contributed by atoms with Crippen LogP contribution in [-0.4, -0.2) is 5.16 Å². The smallest absolute Gasteiger partial charge is 0.283 e. The Balaban J connectivity index is 2.47. The molecule has 0 amide bonds. The van der Waals surface area contributed by atoms with E-state index in [0.29, 0.717) is 5.92 Å². The van der Waals surface area contributed by atoms with Crippen molar-refractivity contribution in [2.24, 2.45) is 0 Å². The van der Waals surface area contributed by atoms with Crippen LogP contribution in [0.3, 0.4) is 0 Å². The Labute approximate surface area is 51.6 Å². The molecule has 0 bridgehead atoms. The van der Waals surface area contributed by atoms with Gasteiger partial charge in [0.1, 0.15) is 6.26 Å². The van der Waals surface area contributed by atoms with Gasteiger partial charge < -0.3 is 4.52 Å². The number of nitrogens with one attached hydrogen (secondary N) is 1. The summed E-state index contributed by atoms with van der Waals surface area (Å²) in [6.07, 6.45) is 3.80. The van der Waals surface area contributed by atoms with Crippen molar-refractivity contribution in [3.63, 3.8) is 0 Å². The Morgan fingerprint density at radius 1 is 1.67 bits per heavy atom. The van der Waals surface area contributed by atoms with Crippen LogP contribution in [0.15, 0.2) is 15.6 Å². The standard InChI is InChI=1S/C6H7NO2/c8-6-5(3-9-7-6)4-1-2-4/h3-4H,1-2H2,(H,7,8). The van der Waals surface area contributed by atoms with E-state index >= 15 is 0 Å². The normalized spacial score (nSPS) is 18.2. The van der Waals surface area contributed by atoms with Gasteiger partial charge in [0.15, 0.2) is 0 Å². The number of aromatic nitrogens is 1. The van der Waals surface area contributed by atoms with Gasteiger partial charge in [-0.25, -0.2) is 0 Å². The van der Waals surface area contributed by atoms with Crippen molar-refractivity contribution in [1.29, 1.82) is 0 Å². The van der Waals surface area contributed by atoms with E-state index in [1.165, 1.54) is 6.26 Å². The summed E-state index contributed by atoms with van der Waals surface area (Å²) in [4.78, 5) is 10.8. The summed E-state index contributed by atoms with van der Waals surface area (Å²) < 4.78 is 4.61. The van der Waals surface area contributed by atoms with Crippen LogP contribution in [0.5, 0.6) is 0 Å². The molecule has 0 aromatic carbocycles. The fourth-order valence-electron chi connectivity index (χ4n) is 0.935. The van der Waals surface area contributed by atoms with Crippen LogP contribution < -0.4 is 5.56 Å². The second-order valence-electron chi connectivity index (χ2n) is 2.40. The maximum atomic E-state index is 10.8. The molecular formula is C6H7NO2. The van der Waals surface area contributed by atoms with Gasteiger partial charge >= 0.3 is 0 Å². The molecule has 0 spiro atoms. The first-order valence-electron chi connectivity index (χ1n) is 3.04. The molecule has 1 aromatic heterocycles. The van der Waals surface area contributed by atoms with E-state index in [4.69, 9.17) is 0 Å². The Hall–Kier alpha value is -0.990. The van der Waals surface area contributed by atoms with Crippen LogP contribution in [0.2, 0.25) is 0 Å². The maximum Gasteiger partial charge on any atom is 0.283 e. The zero-order chi connectivity index (χ0) is 6.27. The highest BCUT2D eigenvalue weighted by Crippen LogP contribution is 2.37. The highest BCUT2D eigenvalue weighted by atomic mass is 16.5. The Morgan fingerprint density at radius 3 is 2.89 bits per heavy atom. The Kier molecular flexibility index (Phi) is 0.806. The van der Waals surface area contributed by atoms with Gasteiger partial charge in [0.25, 0.3) is 5.56 Å². The summed E-state index contributed by atoms with van der Waals surface area (Å²) in [7, 11) is 0. The molecule has 48 valence electrons. The van der Waals surface area contributed by atoms with Crippen LogP contribution in [0.4, 0.5) is 0 Å². The molecule has 0 atom stereocenters. The van der Waals surface area contributed by atoms with Gasteiger partial charge in [0.05, 0.1) is 5.56 Å². The number of aromatic amines is 1. The van der Waals surface area contributed by atoms with Crippen molar-refractivity contribution >= 4 is 0 Å². The molecule has 0 saturated heterocycles. The molecule has 1 heterocycles. The first-order chi connectivity index (χ1) is 4.38. The number of H-pyrrole nitrogens is 1. The van der Waals surface area contributed by atoms with Crippen molar-refractivity contribution in [2.75, 3.05) is 0 Å². The molecule has 0 aliphatic heterocycles. The average molecular weight is 125 g/mol. The molecule has 0 radical (unpaired) electrons. The van der Waals surface area contributed by atoms with E-state index in [1.54, 1.807) is 0 Å². The second kappa shape index (κ2) is 1.50. The topological polar surface area (TPSA) is 46.0 Å². The summed E-state index contributed by atoms with van der Waals surface area (Å²) in [5, 5.41) is 2.26. The van der Waals surface area contributed by atoms with Crippen LogP contribution in [0, 0.1) is 0 Å². The van der Waals surface area contributed by atoms with Gasteiger partial charge in [-0.2, -0.15) is 5.16 Å². The molecule has 0 unspecified atom stereocenters. The van der Waals surface area contributed by atoms with Crippen molar-refractivity contribution in [2.45, 2.75) is 18.8 Å². The molecule has 1 aliphatic rings. The van der Waals surface area contributed by atoms with Crippen molar-refractivity contribution in [3.8, 4) is 0 Å². The number of hydrogen-bond donors (Lipinski definition) is 1. The van der Waals surface area contributed by atoms with Crippen molar-refractivity contribution < 1.29 is 4.52 Å². The Morgan fingerprint density at radius 2 is 2.44 bits per heavy atom. The summed E-state index contributed by atoms with van der Waals surface area (Å²) in [5.74, 6) is 0.493. The van der Waals surface area contributed by atoms with Crippen molar-refractivity contribution in [1.82, 2.24) is 5.16 Å². The van der Waals surface area contributed by atoms with Gasteiger partial charge in [-0.3, -0.25) is 4.79 Å². The van der Waals surface area contributed by atoms with E-state index in [2.05, 4.69) is 9.68 Å². The minimum Gasteiger partial charge on any atom is -0.387 e. The SMILES string of the molecule is O=c1[nH]occ1C1CC1. The lowest BCUT2D eigenvalue weighted by Gasteiger charge is -1.78. The molecule has 1 aromatic rings. The predicted molar refractivity (Wildman–Crippen MR) is 31.3 cm³/mol. The lowest BCUT2D eigenvalue weighted by Crippen LogP contribution is -2.02. The van der Waals surface area contributed by atoms with E-state index < -0.39 is 0 Å². The van der Waals surface area contributed by atoms with E-state index in [1.807, 2.05) is 0 Å². The average Bonchev–Trinajstić information content (AvgIpc) is 2.58. The lowest BCUT2D eigenvalue weighted by atomic mass is 10.2. The van der Waals surface area contributed by atoms with E-state index in [0.717, 1.165) is 18.4 Å². The third-order valence-electron chi connectivity index (χ3n) is 1.62. The van der Waals surface area contributed by atoms with E-state index in [-0.39, 0.29) is 5.56 Å². The number of hydrogen-bond acceptors (Lipinski definition) is 2. The molecule has 3 nitrogen and oxygen atoms in total. The molecule has 2 rings (SSSR count). The van der Waals surface area contributed by atoms with Crippen LogP contribution in [-0.2, 0) is 0 Å². The molecule has 3 heteroatoms. The molecule has 1 N–H and O–H groups in total. The molecular weight excluding hydrogens is 118 g/mol. The fraction of sp³-hybridized carbons (Fsp3) is 0.500. The molecule has 1 fully saturated rings. The minimum atomic E-state index is -0.0579. The fourth-order valence-corrected chi connectivity index (χ4v) is 0.935. The number of rotatable bonds is 1. The third-order valence-corrected chi connectivity index (χ3v) is 1.62. The highest BCUT2D eigenvalue weighted by molar-refractivity contribution is 5.14. The van der Waals surface area contributed by atoms with Gasteiger partial charge in [-0.15, -0.1) is 0 Å². The quantitative estimate of drug-likeness (QED) is 0.604. The van der Waals surface area contributed by atoms with Crippen LogP contribution in [0.25, 0.3) is 0 Å². The summed E-state index contributed by atoms with van der Waals surface area (Å²) in [6.45, 7) is 0. The molecule has 1 aliphatic carbocycles. The second-order valence-corrected chi connectivity index (χ2v) is 2.40. The van der Waals surface area contributed by atoms with Gasteiger partial charge in [0, 0.05) is 0 Å². The van der Waals surface area contributed by atoms with Gasteiger partial charge in [-0.1, -0.05) is 0 Å². The largest absolute Gasteiger partial charge is 0.387 e. The molecule has 9 heavy (non-hydrogen) atoms.